The minimum Gasteiger partial charge on any atom is -0.463 e. The van der Waals surface area contributed by atoms with Crippen LogP contribution >= 0.6 is 7.60 Å². The predicted molar refractivity (Wildman–Crippen MR) is 82.7 cm³/mol. The first-order chi connectivity index (χ1) is 9.75. The van der Waals surface area contributed by atoms with Crippen LogP contribution in [0.15, 0.2) is 10.5 Å². The lowest BCUT2D eigenvalue weighted by molar-refractivity contribution is 0.159. The molecule has 5 nitrogen and oxygen atoms in total. The van der Waals surface area contributed by atoms with Crippen molar-refractivity contribution >= 4 is 7.60 Å². The van der Waals surface area contributed by atoms with Gasteiger partial charge in [-0.3, -0.25) is 4.57 Å². The Hall–Kier alpha value is -0.610. The third kappa shape index (κ3) is 5.26. The summed E-state index contributed by atoms with van der Waals surface area (Å²) >= 11 is 0. The van der Waals surface area contributed by atoms with Gasteiger partial charge in [0.2, 0.25) is 0 Å². The van der Waals surface area contributed by atoms with Crippen molar-refractivity contribution in [3.05, 3.63) is 23.2 Å². The van der Waals surface area contributed by atoms with Gasteiger partial charge in [0.05, 0.1) is 19.4 Å². The SMILES string of the molecule is CCOP(=O)(Cc1cc(C(C)(C)C)oc1COC)OCC. The standard InChI is InChI=1S/C15H27O5P/c1-7-18-21(16,19-8-2)11-12-9-14(15(3,4)5)20-13(12)10-17-6/h9H,7-8,10-11H2,1-6H3. The normalized spacial score (nSPS) is 12.9. The number of furan rings is 1. The van der Waals surface area contributed by atoms with E-state index in [-0.39, 0.29) is 11.6 Å². The van der Waals surface area contributed by atoms with Crippen LogP contribution in [0.3, 0.4) is 0 Å². The van der Waals surface area contributed by atoms with E-state index < -0.39 is 7.60 Å². The van der Waals surface area contributed by atoms with Gasteiger partial charge in [-0.05, 0) is 19.9 Å². The highest BCUT2D eigenvalue weighted by atomic mass is 31.2. The molecule has 0 atom stereocenters. The summed E-state index contributed by atoms with van der Waals surface area (Å²) in [7, 11) is -1.54. The lowest BCUT2D eigenvalue weighted by Gasteiger charge is -2.16. The molecule has 122 valence electrons. The smallest absolute Gasteiger partial charge is 0.335 e. The van der Waals surface area contributed by atoms with Crippen LogP contribution in [0.2, 0.25) is 0 Å². The molecule has 6 heteroatoms. The second kappa shape index (κ2) is 7.59. The lowest BCUT2D eigenvalue weighted by atomic mass is 9.93. The molecule has 0 spiro atoms. The summed E-state index contributed by atoms with van der Waals surface area (Å²) < 4.78 is 34.4. The zero-order valence-electron chi connectivity index (χ0n) is 13.9. The highest BCUT2D eigenvalue weighted by Gasteiger charge is 2.29. The molecule has 0 unspecified atom stereocenters. The molecular formula is C15H27O5P. The molecule has 1 aromatic rings. The average molecular weight is 318 g/mol. The summed E-state index contributed by atoms with van der Waals surface area (Å²) in [6.45, 7) is 10.8. The van der Waals surface area contributed by atoms with Crippen LogP contribution in [0, 0.1) is 0 Å². The Labute approximate surface area is 127 Å². The van der Waals surface area contributed by atoms with Gasteiger partial charge in [-0.1, -0.05) is 20.8 Å². The molecule has 0 amide bonds. The molecule has 0 N–H and O–H groups in total. The van der Waals surface area contributed by atoms with Gasteiger partial charge in [0.15, 0.2) is 0 Å². The van der Waals surface area contributed by atoms with Crippen LogP contribution in [0.5, 0.6) is 0 Å². The Balaban J connectivity index is 3.09. The molecule has 0 saturated heterocycles. The van der Waals surface area contributed by atoms with Gasteiger partial charge in [-0.15, -0.1) is 0 Å². The highest BCUT2D eigenvalue weighted by Crippen LogP contribution is 2.52. The predicted octanol–water partition coefficient (Wildman–Crippen LogP) is 4.49. The number of rotatable bonds is 8. The van der Waals surface area contributed by atoms with Gasteiger partial charge in [0.25, 0.3) is 0 Å². The first kappa shape index (κ1) is 18.4. The zero-order valence-corrected chi connectivity index (χ0v) is 14.8. The molecule has 0 aromatic carbocycles. The van der Waals surface area contributed by atoms with E-state index in [1.165, 1.54) is 0 Å². The van der Waals surface area contributed by atoms with Gasteiger partial charge in [-0.25, -0.2) is 0 Å². The van der Waals surface area contributed by atoms with Gasteiger partial charge < -0.3 is 18.2 Å². The lowest BCUT2D eigenvalue weighted by Crippen LogP contribution is -2.09. The number of hydrogen-bond donors (Lipinski definition) is 0. The minimum absolute atomic E-state index is 0.123. The third-order valence-corrected chi connectivity index (χ3v) is 4.96. The number of ether oxygens (including phenoxy) is 1. The molecule has 0 saturated carbocycles. The van der Waals surface area contributed by atoms with Crippen LogP contribution in [0.25, 0.3) is 0 Å². The van der Waals surface area contributed by atoms with Crippen molar-refractivity contribution in [1.29, 1.82) is 0 Å². The molecule has 1 heterocycles. The Bertz CT molecular complexity index is 477. The van der Waals surface area contributed by atoms with Crippen molar-refractivity contribution in [2.24, 2.45) is 0 Å². The van der Waals surface area contributed by atoms with Crippen LogP contribution in [-0.2, 0) is 36.5 Å². The Morgan fingerprint density at radius 1 is 1.19 bits per heavy atom. The quantitative estimate of drug-likeness (QED) is 0.661. The second-order valence-electron chi connectivity index (χ2n) is 5.85. The molecule has 1 rings (SSSR count). The molecule has 0 aliphatic rings. The van der Waals surface area contributed by atoms with Gasteiger partial charge in [-0.2, -0.15) is 0 Å². The molecule has 0 aliphatic carbocycles. The monoisotopic (exact) mass is 318 g/mol. The summed E-state index contributed by atoms with van der Waals surface area (Å²) in [6.07, 6.45) is 0.201. The Morgan fingerprint density at radius 2 is 1.76 bits per heavy atom. The van der Waals surface area contributed by atoms with Gasteiger partial charge >= 0.3 is 7.60 Å². The van der Waals surface area contributed by atoms with E-state index in [1.807, 2.05) is 6.07 Å². The molecule has 0 aliphatic heterocycles. The topological polar surface area (TPSA) is 57.9 Å². The largest absolute Gasteiger partial charge is 0.463 e. The van der Waals surface area contributed by atoms with Crippen LogP contribution in [-0.4, -0.2) is 20.3 Å². The summed E-state index contributed by atoms with van der Waals surface area (Å²) in [5, 5.41) is 0. The average Bonchev–Trinajstić information content (AvgIpc) is 2.73. The summed E-state index contributed by atoms with van der Waals surface area (Å²) in [6, 6.07) is 1.93. The van der Waals surface area contributed by atoms with Crippen LogP contribution in [0.1, 0.15) is 51.7 Å². The van der Waals surface area contributed by atoms with Crippen molar-refractivity contribution in [2.75, 3.05) is 20.3 Å². The van der Waals surface area contributed by atoms with E-state index >= 15 is 0 Å². The van der Waals surface area contributed by atoms with E-state index in [0.717, 1.165) is 11.3 Å². The number of hydrogen-bond acceptors (Lipinski definition) is 5. The van der Waals surface area contributed by atoms with E-state index in [2.05, 4.69) is 20.8 Å². The fraction of sp³-hybridized carbons (Fsp3) is 0.733. The Kier molecular flexibility index (Phi) is 6.67. The van der Waals surface area contributed by atoms with E-state index in [9.17, 15) is 4.57 Å². The Morgan fingerprint density at radius 3 is 2.19 bits per heavy atom. The van der Waals surface area contributed by atoms with Gasteiger partial charge in [0, 0.05) is 18.1 Å². The molecular weight excluding hydrogens is 291 g/mol. The highest BCUT2D eigenvalue weighted by molar-refractivity contribution is 7.53. The third-order valence-electron chi connectivity index (χ3n) is 2.93. The van der Waals surface area contributed by atoms with E-state index in [4.69, 9.17) is 18.2 Å². The summed E-state index contributed by atoms with van der Waals surface area (Å²) in [5.74, 6) is 1.52. The fourth-order valence-electron chi connectivity index (χ4n) is 1.95. The van der Waals surface area contributed by atoms with Crippen molar-refractivity contribution in [1.82, 2.24) is 0 Å². The van der Waals surface area contributed by atoms with Crippen LogP contribution in [0.4, 0.5) is 0 Å². The van der Waals surface area contributed by atoms with Crippen molar-refractivity contribution in [3.63, 3.8) is 0 Å². The maximum absolute atomic E-state index is 12.7. The molecule has 21 heavy (non-hydrogen) atoms. The summed E-state index contributed by atoms with van der Waals surface area (Å²) in [5.41, 5.74) is 0.703. The van der Waals surface area contributed by atoms with E-state index in [1.54, 1.807) is 21.0 Å². The maximum atomic E-state index is 12.7. The number of methoxy groups -OCH3 is 1. The first-order valence-electron chi connectivity index (χ1n) is 7.25. The maximum Gasteiger partial charge on any atom is 0.335 e. The first-order valence-corrected chi connectivity index (χ1v) is 8.97. The van der Waals surface area contributed by atoms with Crippen molar-refractivity contribution in [3.8, 4) is 0 Å². The molecule has 0 fully saturated rings. The van der Waals surface area contributed by atoms with Crippen LogP contribution < -0.4 is 0 Å². The second-order valence-corrected chi connectivity index (χ2v) is 7.90. The minimum atomic E-state index is -3.15. The van der Waals surface area contributed by atoms with Crippen molar-refractivity contribution < 1.29 is 22.8 Å². The van der Waals surface area contributed by atoms with Crippen molar-refractivity contribution in [2.45, 2.75) is 52.8 Å². The molecule has 1 aromatic heterocycles. The van der Waals surface area contributed by atoms with Gasteiger partial charge in [0.1, 0.15) is 18.1 Å². The van der Waals surface area contributed by atoms with E-state index in [0.29, 0.717) is 25.6 Å². The fourth-order valence-corrected chi connectivity index (χ4v) is 3.68. The molecule has 0 bridgehead atoms. The molecule has 0 radical (unpaired) electrons. The summed E-state index contributed by atoms with van der Waals surface area (Å²) in [4.78, 5) is 0. The zero-order chi connectivity index (χ0) is 16.1.